The number of rotatable bonds is 1. The van der Waals surface area contributed by atoms with Crippen molar-refractivity contribution in [1.82, 2.24) is 0 Å². The average molecular weight is 144 g/mol. The third-order valence-electron chi connectivity index (χ3n) is 1.97. The van der Waals surface area contributed by atoms with E-state index in [4.69, 9.17) is 9.47 Å². The molecule has 0 saturated carbocycles. The Labute approximate surface area is 60.3 Å². The SMILES string of the molecule is CCC1(C)COCOC1=O. The number of hydrogen-bond donors (Lipinski definition) is 0. The Bertz CT molecular complexity index is 144. The molecule has 0 amide bonds. The van der Waals surface area contributed by atoms with Crippen LogP contribution in [-0.4, -0.2) is 19.4 Å². The molecule has 1 heterocycles. The van der Waals surface area contributed by atoms with E-state index in [1.165, 1.54) is 0 Å². The second kappa shape index (κ2) is 2.58. The minimum Gasteiger partial charge on any atom is -0.438 e. The van der Waals surface area contributed by atoms with Crippen LogP contribution < -0.4 is 0 Å². The van der Waals surface area contributed by atoms with Crippen molar-refractivity contribution in [2.45, 2.75) is 20.3 Å². The molecule has 1 rings (SSSR count). The monoisotopic (exact) mass is 144 g/mol. The summed E-state index contributed by atoms with van der Waals surface area (Å²) in [6, 6.07) is 0. The molecule has 1 atom stereocenters. The standard InChI is InChI=1S/C7H12O3/c1-3-7(2)4-9-5-10-6(7)8/h3-5H2,1-2H3. The van der Waals surface area contributed by atoms with E-state index in [-0.39, 0.29) is 12.8 Å². The molecule has 58 valence electrons. The smallest absolute Gasteiger partial charge is 0.316 e. The lowest BCUT2D eigenvalue weighted by Gasteiger charge is -2.29. The molecule has 0 aromatic rings. The van der Waals surface area contributed by atoms with Crippen LogP contribution >= 0.6 is 0 Å². The molecule has 0 aromatic carbocycles. The lowest BCUT2D eigenvalue weighted by atomic mass is 9.88. The molecule has 1 aliphatic heterocycles. The van der Waals surface area contributed by atoms with Gasteiger partial charge >= 0.3 is 5.97 Å². The molecule has 10 heavy (non-hydrogen) atoms. The summed E-state index contributed by atoms with van der Waals surface area (Å²) in [6.07, 6.45) is 0.770. The van der Waals surface area contributed by atoms with E-state index in [0.717, 1.165) is 6.42 Å². The Hall–Kier alpha value is -0.570. The van der Waals surface area contributed by atoms with Gasteiger partial charge in [-0.25, -0.2) is 0 Å². The zero-order chi connectivity index (χ0) is 7.61. The maximum Gasteiger partial charge on any atom is 0.316 e. The summed E-state index contributed by atoms with van der Waals surface area (Å²) in [5, 5.41) is 0. The number of ether oxygens (including phenoxy) is 2. The van der Waals surface area contributed by atoms with E-state index >= 15 is 0 Å². The van der Waals surface area contributed by atoms with Crippen LogP contribution in [0.5, 0.6) is 0 Å². The summed E-state index contributed by atoms with van der Waals surface area (Å²) in [5.41, 5.74) is -0.405. The molecule has 0 aliphatic carbocycles. The highest BCUT2D eigenvalue weighted by Gasteiger charge is 2.36. The van der Waals surface area contributed by atoms with Crippen molar-refractivity contribution in [2.75, 3.05) is 13.4 Å². The van der Waals surface area contributed by atoms with Gasteiger partial charge in [-0.2, -0.15) is 0 Å². The Morgan fingerprint density at radius 3 is 2.80 bits per heavy atom. The van der Waals surface area contributed by atoms with Crippen molar-refractivity contribution in [1.29, 1.82) is 0 Å². The van der Waals surface area contributed by atoms with Gasteiger partial charge in [-0.1, -0.05) is 6.92 Å². The third-order valence-corrected chi connectivity index (χ3v) is 1.97. The van der Waals surface area contributed by atoms with E-state index in [1.54, 1.807) is 0 Å². The average Bonchev–Trinajstić information content (AvgIpc) is 1.96. The van der Waals surface area contributed by atoms with Gasteiger partial charge in [-0.3, -0.25) is 4.79 Å². The molecule has 3 nitrogen and oxygen atoms in total. The molecule has 0 spiro atoms. The second-order valence-electron chi connectivity index (χ2n) is 2.81. The zero-order valence-corrected chi connectivity index (χ0v) is 6.35. The van der Waals surface area contributed by atoms with Crippen molar-refractivity contribution in [3.05, 3.63) is 0 Å². The maximum atomic E-state index is 11.0. The fourth-order valence-corrected chi connectivity index (χ4v) is 0.842. The van der Waals surface area contributed by atoms with Gasteiger partial charge in [0.05, 0.1) is 12.0 Å². The van der Waals surface area contributed by atoms with Crippen molar-refractivity contribution in [2.24, 2.45) is 5.41 Å². The molecule has 3 heteroatoms. The van der Waals surface area contributed by atoms with Crippen LogP contribution in [0.3, 0.4) is 0 Å². The molecule has 0 aromatic heterocycles. The van der Waals surface area contributed by atoms with Gasteiger partial charge in [0, 0.05) is 0 Å². The van der Waals surface area contributed by atoms with Crippen LogP contribution in [-0.2, 0) is 14.3 Å². The van der Waals surface area contributed by atoms with Crippen molar-refractivity contribution in [3.8, 4) is 0 Å². The van der Waals surface area contributed by atoms with Crippen LogP contribution in [0.1, 0.15) is 20.3 Å². The molecule has 1 saturated heterocycles. The molecule has 1 aliphatic rings. The molecule has 0 bridgehead atoms. The van der Waals surface area contributed by atoms with Crippen LogP contribution in [0.25, 0.3) is 0 Å². The van der Waals surface area contributed by atoms with Gasteiger partial charge in [0.1, 0.15) is 0 Å². The quantitative estimate of drug-likeness (QED) is 0.513. The Balaban J connectivity index is 2.63. The Kier molecular flexibility index (Phi) is 1.94. The summed E-state index contributed by atoms with van der Waals surface area (Å²) in [7, 11) is 0. The first kappa shape index (κ1) is 7.54. The minimum absolute atomic E-state index is 0.119. The first-order valence-corrected chi connectivity index (χ1v) is 3.44. The highest BCUT2D eigenvalue weighted by Crippen LogP contribution is 2.26. The third kappa shape index (κ3) is 1.14. The predicted octanol–water partition coefficient (Wildman–Crippen LogP) is 0.934. The van der Waals surface area contributed by atoms with Crippen LogP contribution in [0.2, 0.25) is 0 Å². The molecule has 1 unspecified atom stereocenters. The summed E-state index contributed by atoms with van der Waals surface area (Å²) < 4.78 is 9.73. The topological polar surface area (TPSA) is 35.5 Å². The lowest BCUT2D eigenvalue weighted by molar-refractivity contribution is -0.192. The van der Waals surface area contributed by atoms with Gasteiger partial charge in [0.2, 0.25) is 0 Å². The first-order valence-electron chi connectivity index (χ1n) is 3.44. The van der Waals surface area contributed by atoms with E-state index in [2.05, 4.69) is 0 Å². The van der Waals surface area contributed by atoms with E-state index < -0.39 is 5.41 Å². The van der Waals surface area contributed by atoms with Gasteiger partial charge < -0.3 is 9.47 Å². The van der Waals surface area contributed by atoms with Crippen molar-refractivity contribution >= 4 is 5.97 Å². The normalized spacial score (nSPS) is 33.6. The van der Waals surface area contributed by atoms with Gasteiger partial charge in [-0.05, 0) is 13.3 Å². The Morgan fingerprint density at radius 2 is 2.40 bits per heavy atom. The second-order valence-corrected chi connectivity index (χ2v) is 2.81. The molecular weight excluding hydrogens is 132 g/mol. The van der Waals surface area contributed by atoms with E-state index in [0.29, 0.717) is 6.61 Å². The van der Waals surface area contributed by atoms with Gasteiger partial charge in [0.25, 0.3) is 0 Å². The summed E-state index contributed by atoms with van der Waals surface area (Å²) >= 11 is 0. The number of esters is 1. The highest BCUT2D eigenvalue weighted by atomic mass is 16.7. The molecule has 1 fully saturated rings. The summed E-state index contributed by atoms with van der Waals surface area (Å²) in [5.74, 6) is -0.138. The van der Waals surface area contributed by atoms with Gasteiger partial charge in [0.15, 0.2) is 6.79 Å². The minimum atomic E-state index is -0.405. The number of cyclic esters (lactones) is 1. The molecule has 0 radical (unpaired) electrons. The predicted molar refractivity (Wildman–Crippen MR) is 35.3 cm³/mol. The summed E-state index contributed by atoms with van der Waals surface area (Å²) in [4.78, 5) is 11.0. The fraction of sp³-hybridized carbons (Fsp3) is 0.857. The number of carbonyl (C=O) groups is 1. The number of carbonyl (C=O) groups excluding carboxylic acids is 1. The number of hydrogen-bond acceptors (Lipinski definition) is 3. The first-order chi connectivity index (χ1) is 4.69. The van der Waals surface area contributed by atoms with Crippen molar-refractivity contribution < 1.29 is 14.3 Å². The van der Waals surface area contributed by atoms with Crippen molar-refractivity contribution in [3.63, 3.8) is 0 Å². The van der Waals surface area contributed by atoms with Crippen LogP contribution in [0.15, 0.2) is 0 Å². The van der Waals surface area contributed by atoms with E-state index in [1.807, 2.05) is 13.8 Å². The lowest BCUT2D eigenvalue weighted by Crippen LogP contribution is -2.39. The van der Waals surface area contributed by atoms with Crippen LogP contribution in [0.4, 0.5) is 0 Å². The van der Waals surface area contributed by atoms with Gasteiger partial charge in [-0.15, -0.1) is 0 Å². The maximum absolute atomic E-state index is 11.0. The largest absolute Gasteiger partial charge is 0.438 e. The van der Waals surface area contributed by atoms with Crippen LogP contribution in [0, 0.1) is 5.41 Å². The fourth-order valence-electron chi connectivity index (χ4n) is 0.842. The molecule has 0 N–H and O–H groups in total. The molecular formula is C7H12O3. The zero-order valence-electron chi connectivity index (χ0n) is 6.35. The Morgan fingerprint density at radius 1 is 1.70 bits per heavy atom. The highest BCUT2D eigenvalue weighted by molar-refractivity contribution is 5.76. The van der Waals surface area contributed by atoms with E-state index in [9.17, 15) is 4.79 Å². The summed E-state index contributed by atoms with van der Waals surface area (Å²) in [6.45, 7) is 4.42.